The van der Waals surface area contributed by atoms with Crippen molar-refractivity contribution < 1.29 is 14.1 Å². The van der Waals surface area contributed by atoms with Crippen molar-refractivity contribution >= 4 is 35.0 Å². The molecule has 2 amide bonds. The Kier molecular flexibility index (Phi) is 4.46. The number of benzene rings is 1. The summed E-state index contributed by atoms with van der Waals surface area (Å²) in [6.45, 7) is 3.43. The number of carbonyl (C=O) groups excluding carboxylic acids is 2. The normalized spacial score (nSPS) is 20.7. The summed E-state index contributed by atoms with van der Waals surface area (Å²) < 4.78 is 5.28. The van der Waals surface area contributed by atoms with Gasteiger partial charge in [-0.15, -0.1) is 0 Å². The number of aryl methyl sites for hydroxylation is 1. The Morgan fingerprint density at radius 3 is 2.42 bits per heavy atom. The van der Waals surface area contributed by atoms with Crippen LogP contribution in [0.4, 0.5) is 0 Å². The van der Waals surface area contributed by atoms with Gasteiger partial charge in [0.15, 0.2) is 5.82 Å². The third kappa shape index (κ3) is 3.00. The molecule has 1 fully saturated rings. The van der Waals surface area contributed by atoms with Crippen LogP contribution in [0.2, 0.25) is 10.0 Å². The van der Waals surface area contributed by atoms with Crippen molar-refractivity contribution in [2.75, 3.05) is 19.8 Å². The predicted octanol–water partition coefficient (Wildman–Crippen LogP) is 3.12. The maximum atomic E-state index is 12.6. The van der Waals surface area contributed by atoms with Crippen LogP contribution in [0.25, 0.3) is 0 Å². The van der Waals surface area contributed by atoms with E-state index in [1.165, 1.54) is 17.0 Å². The fourth-order valence-electron chi connectivity index (χ4n) is 3.48. The Labute approximate surface area is 159 Å². The first kappa shape index (κ1) is 17.5. The Morgan fingerprint density at radius 2 is 1.85 bits per heavy atom. The summed E-state index contributed by atoms with van der Waals surface area (Å²) in [5.41, 5.74) is 0.593. The number of nitrogens with zero attached hydrogens (tertiary/aromatic N) is 4. The van der Waals surface area contributed by atoms with Crippen LogP contribution in [0.15, 0.2) is 16.7 Å². The van der Waals surface area contributed by atoms with E-state index >= 15 is 0 Å². The molecule has 136 valence electrons. The number of hydrogen-bond donors (Lipinski definition) is 0. The SMILES string of the molecule is Cc1noc(C2CCCN(CN3C(=O)c4cc(Cl)c(Cl)cc4C3=O)C2)n1. The van der Waals surface area contributed by atoms with Crippen LogP contribution in [0.5, 0.6) is 0 Å². The number of amides is 2. The lowest BCUT2D eigenvalue weighted by Gasteiger charge is -2.33. The molecule has 0 N–H and O–H groups in total. The van der Waals surface area contributed by atoms with Gasteiger partial charge in [-0.05, 0) is 38.4 Å². The summed E-state index contributed by atoms with van der Waals surface area (Å²) in [5, 5.41) is 4.36. The van der Waals surface area contributed by atoms with Crippen molar-refractivity contribution in [3.8, 4) is 0 Å². The molecule has 1 atom stereocenters. The molecule has 2 aliphatic rings. The quantitative estimate of drug-likeness (QED) is 0.743. The second-order valence-electron chi connectivity index (χ2n) is 6.59. The fourth-order valence-corrected chi connectivity index (χ4v) is 3.80. The monoisotopic (exact) mass is 394 g/mol. The molecule has 0 saturated carbocycles. The highest BCUT2D eigenvalue weighted by atomic mass is 35.5. The van der Waals surface area contributed by atoms with Gasteiger partial charge in [0.05, 0.1) is 33.8 Å². The molecular weight excluding hydrogens is 379 g/mol. The van der Waals surface area contributed by atoms with Gasteiger partial charge in [-0.25, -0.2) is 0 Å². The van der Waals surface area contributed by atoms with E-state index in [-0.39, 0.29) is 34.4 Å². The molecule has 9 heteroatoms. The van der Waals surface area contributed by atoms with Crippen molar-refractivity contribution in [1.82, 2.24) is 19.9 Å². The highest BCUT2D eigenvalue weighted by molar-refractivity contribution is 6.43. The third-order valence-corrected chi connectivity index (χ3v) is 5.47. The van der Waals surface area contributed by atoms with Crippen molar-refractivity contribution in [1.29, 1.82) is 0 Å². The fraction of sp³-hybridized carbons (Fsp3) is 0.412. The van der Waals surface area contributed by atoms with E-state index in [2.05, 4.69) is 15.0 Å². The molecule has 0 aliphatic carbocycles. The Bertz CT molecular complexity index is 857. The van der Waals surface area contributed by atoms with Crippen LogP contribution < -0.4 is 0 Å². The van der Waals surface area contributed by atoms with E-state index in [0.29, 0.717) is 29.4 Å². The lowest BCUT2D eigenvalue weighted by Crippen LogP contribution is -2.45. The predicted molar refractivity (Wildman–Crippen MR) is 94.4 cm³/mol. The Morgan fingerprint density at radius 1 is 1.19 bits per heavy atom. The van der Waals surface area contributed by atoms with Crippen LogP contribution in [-0.4, -0.2) is 51.5 Å². The van der Waals surface area contributed by atoms with Crippen molar-refractivity contribution in [2.24, 2.45) is 0 Å². The number of fused-ring (bicyclic) bond motifs is 1. The minimum absolute atomic E-state index is 0.101. The molecule has 4 rings (SSSR count). The third-order valence-electron chi connectivity index (χ3n) is 4.75. The first-order valence-electron chi connectivity index (χ1n) is 8.32. The average Bonchev–Trinajstić information content (AvgIpc) is 3.15. The summed E-state index contributed by atoms with van der Waals surface area (Å²) in [5.74, 6) is 0.613. The molecule has 0 radical (unpaired) electrons. The molecule has 1 unspecified atom stereocenters. The Balaban J connectivity index is 1.50. The molecule has 0 bridgehead atoms. The van der Waals surface area contributed by atoms with E-state index in [9.17, 15) is 9.59 Å². The van der Waals surface area contributed by atoms with Gasteiger partial charge < -0.3 is 4.52 Å². The van der Waals surface area contributed by atoms with E-state index in [4.69, 9.17) is 27.7 Å². The number of piperidine rings is 1. The van der Waals surface area contributed by atoms with Gasteiger partial charge in [-0.2, -0.15) is 4.98 Å². The summed E-state index contributed by atoms with van der Waals surface area (Å²) in [6, 6.07) is 2.92. The number of hydrogen-bond acceptors (Lipinski definition) is 6. The molecular formula is C17H16Cl2N4O3. The summed E-state index contributed by atoms with van der Waals surface area (Å²) in [4.78, 5) is 32.9. The van der Waals surface area contributed by atoms with E-state index in [1.54, 1.807) is 6.92 Å². The summed E-state index contributed by atoms with van der Waals surface area (Å²) >= 11 is 12.0. The number of carbonyl (C=O) groups is 2. The number of rotatable bonds is 3. The van der Waals surface area contributed by atoms with Gasteiger partial charge in [-0.3, -0.25) is 19.4 Å². The molecule has 0 spiro atoms. The molecule has 1 saturated heterocycles. The standard InChI is InChI=1S/C17H16Cl2N4O3/c1-9-20-15(26-21-9)10-3-2-4-22(7-10)8-23-16(24)11-5-13(18)14(19)6-12(11)17(23)25/h5-6,10H,2-4,7-8H2,1H3. The highest BCUT2D eigenvalue weighted by Gasteiger charge is 2.38. The van der Waals surface area contributed by atoms with Crippen LogP contribution in [-0.2, 0) is 0 Å². The lowest BCUT2D eigenvalue weighted by atomic mass is 9.98. The van der Waals surface area contributed by atoms with Gasteiger partial charge in [0.25, 0.3) is 11.8 Å². The molecule has 1 aromatic carbocycles. The number of imide groups is 1. The average molecular weight is 395 g/mol. The van der Waals surface area contributed by atoms with Crippen LogP contribution in [0.3, 0.4) is 0 Å². The smallest absolute Gasteiger partial charge is 0.262 e. The molecule has 7 nitrogen and oxygen atoms in total. The summed E-state index contributed by atoms with van der Waals surface area (Å²) in [7, 11) is 0. The molecule has 2 aliphatic heterocycles. The largest absolute Gasteiger partial charge is 0.339 e. The minimum atomic E-state index is -0.348. The molecule has 2 aromatic rings. The summed E-state index contributed by atoms with van der Waals surface area (Å²) in [6.07, 6.45) is 1.86. The highest BCUT2D eigenvalue weighted by Crippen LogP contribution is 2.32. The van der Waals surface area contributed by atoms with E-state index in [1.807, 2.05) is 0 Å². The molecule has 26 heavy (non-hydrogen) atoms. The van der Waals surface area contributed by atoms with Gasteiger partial charge in [0.2, 0.25) is 5.89 Å². The molecule has 3 heterocycles. The van der Waals surface area contributed by atoms with Gasteiger partial charge in [0.1, 0.15) is 0 Å². The lowest BCUT2D eigenvalue weighted by molar-refractivity contribution is 0.0499. The maximum Gasteiger partial charge on any atom is 0.262 e. The topological polar surface area (TPSA) is 79.5 Å². The number of aromatic nitrogens is 2. The van der Waals surface area contributed by atoms with Crippen molar-refractivity contribution in [3.05, 3.63) is 45.0 Å². The zero-order valence-corrected chi connectivity index (χ0v) is 15.5. The maximum absolute atomic E-state index is 12.6. The van der Waals surface area contributed by atoms with Crippen LogP contribution in [0, 0.1) is 6.92 Å². The van der Waals surface area contributed by atoms with Crippen LogP contribution in [0.1, 0.15) is 51.2 Å². The van der Waals surface area contributed by atoms with E-state index in [0.717, 1.165) is 19.4 Å². The molecule has 1 aromatic heterocycles. The van der Waals surface area contributed by atoms with E-state index < -0.39 is 0 Å². The van der Waals surface area contributed by atoms with Crippen molar-refractivity contribution in [2.45, 2.75) is 25.7 Å². The first-order chi connectivity index (χ1) is 12.4. The minimum Gasteiger partial charge on any atom is -0.339 e. The second-order valence-corrected chi connectivity index (χ2v) is 7.40. The van der Waals surface area contributed by atoms with Gasteiger partial charge >= 0.3 is 0 Å². The Hall–Kier alpha value is -1.96. The zero-order chi connectivity index (χ0) is 18.4. The second kappa shape index (κ2) is 6.64. The van der Waals surface area contributed by atoms with Gasteiger partial charge in [-0.1, -0.05) is 28.4 Å². The number of halogens is 2. The zero-order valence-electron chi connectivity index (χ0n) is 14.0. The number of likely N-dealkylation sites (tertiary alicyclic amines) is 1. The van der Waals surface area contributed by atoms with Crippen molar-refractivity contribution in [3.63, 3.8) is 0 Å². The van der Waals surface area contributed by atoms with Crippen LogP contribution >= 0.6 is 23.2 Å². The van der Waals surface area contributed by atoms with Gasteiger partial charge in [0, 0.05) is 6.54 Å². The first-order valence-corrected chi connectivity index (χ1v) is 9.07.